The summed E-state index contributed by atoms with van der Waals surface area (Å²) in [4.78, 5) is 10.9. The fourth-order valence-corrected chi connectivity index (χ4v) is 3.37. The van der Waals surface area contributed by atoms with Gasteiger partial charge >= 0.3 is 0 Å². The Balaban J connectivity index is 2.01. The zero-order valence-corrected chi connectivity index (χ0v) is 12.8. The van der Waals surface area contributed by atoms with E-state index in [1.807, 2.05) is 30.3 Å². The molecule has 0 saturated heterocycles. The predicted octanol–water partition coefficient (Wildman–Crippen LogP) is 3.45. The first-order valence-electron chi connectivity index (χ1n) is 6.83. The molecule has 108 valence electrons. The number of thiophene rings is 1. The predicted molar refractivity (Wildman–Crippen MR) is 86.8 cm³/mol. The van der Waals surface area contributed by atoms with Crippen molar-refractivity contribution in [3.8, 4) is 0 Å². The summed E-state index contributed by atoms with van der Waals surface area (Å²) in [5, 5.41) is 14.1. The van der Waals surface area contributed by atoms with E-state index in [-0.39, 0.29) is 12.6 Å². The maximum atomic E-state index is 9.68. The van der Waals surface area contributed by atoms with Gasteiger partial charge in [0, 0.05) is 4.88 Å². The highest BCUT2D eigenvalue weighted by Gasteiger charge is 2.16. The van der Waals surface area contributed by atoms with Crippen molar-refractivity contribution in [2.24, 2.45) is 0 Å². The van der Waals surface area contributed by atoms with E-state index in [0.717, 1.165) is 21.6 Å². The van der Waals surface area contributed by atoms with Crippen molar-refractivity contribution in [3.05, 3.63) is 52.7 Å². The Bertz CT molecular complexity index is 755. The van der Waals surface area contributed by atoms with Crippen LogP contribution in [0.25, 0.3) is 10.2 Å². The fraction of sp³-hybridized carbons (Fsp3) is 0.250. The minimum Gasteiger partial charge on any atom is -0.394 e. The van der Waals surface area contributed by atoms with Gasteiger partial charge in [-0.3, -0.25) is 0 Å². The standard InChI is InChI=1S/C16H17N3OS/c1-10-11(2)21-16-14(10)15(17-9-18-16)19-13(8-20)12-6-4-3-5-7-12/h3-7,9,13,20H,8H2,1-2H3,(H,17,18,19). The molecule has 0 amide bonds. The van der Waals surface area contributed by atoms with Crippen LogP contribution in [0.2, 0.25) is 0 Å². The lowest BCUT2D eigenvalue weighted by Crippen LogP contribution is -2.15. The highest BCUT2D eigenvalue weighted by atomic mass is 32.1. The number of nitrogens with zero attached hydrogens (tertiary/aromatic N) is 2. The Morgan fingerprint density at radius 1 is 1.19 bits per heavy atom. The molecule has 1 unspecified atom stereocenters. The molecule has 2 N–H and O–H groups in total. The molecule has 0 saturated carbocycles. The molecule has 0 bridgehead atoms. The number of aliphatic hydroxyl groups is 1. The molecule has 3 rings (SSSR count). The molecule has 0 fully saturated rings. The van der Waals surface area contributed by atoms with Crippen molar-refractivity contribution >= 4 is 27.4 Å². The SMILES string of the molecule is Cc1sc2ncnc(NC(CO)c3ccccc3)c2c1C. The molecule has 0 aliphatic rings. The van der Waals surface area contributed by atoms with Gasteiger partial charge in [0.15, 0.2) is 0 Å². The van der Waals surface area contributed by atoms with Crippen LogP contribution < -0.4 is 5.32 Å². The summed E-state index contributed by atoms with van der Waals surface area (Å²) in [6.07, 6.45) is 1.57. The van der Waals surface area contributed by atoms with Gasteiger partial charge in [0.1, 0.15) is 17.0 Å². The van der Waals surface area contributed by atoms with Gasteiger partial charge < -0.3 is 10.4 Å². The quantitative estimate of drug-likeness (QED) is 0.774. The van der Waals surface area contributed by atoms with Gasteiger partial charge in [-0.25, -0.2) is 9.97 Å². The highest BCUT2D eigenvalue weighted by molar-refractivity contribution is 7.18. The molecule has 5 heteroatoms. The molecule has 21 heavy (non-hydrogen) atoms. The number of fused-ring (bicyclic) bond motifs is 1. The Morgan fingerprint density at radius 3 is 2.67 bits per heavy atom. The van der Waals surface area contributed by atoms with Crippen molar-refractivity contribution in [2.75, 3.05) is 11.9 Å². The van der Waals surface area contributed by atoms with E-state index in [0.29, 0.717) is 0 Å². The smallest absolute Gasteiger partial charge is 0.139 e. The van der Waals surface area contributed by atoms with Gasteiger partial charge in [-0.15, -0.1) is 11.3 Å². The summed E-state index contributed by atoms with van der Waals surface area (Å²) in [6, 6.07) is 9.72. The zero-order chi connectivity index (χ0) is 14.8. The third kappa shape index (κ3) is 2.62. The van der Waals surface area contributed by atoms with E-state index in [9.17, 15) is 5.11 Å². The van der Waals surface area contributed by atoms with Crippen LogP contribution in [0.1, 0.15) is 22.0 Å². The second-order valence-electron chi connectivity index (χ2n) is 4.98. The largest absolute Gasteiger partial charge is 0.394 e. The van der Waals surface area contributed by atoms with E-state index >= 15 is 0 Å². The minimum absolute atomic E-state index is 0.0116. The van der Waals surface area contributed by atoms with Crippen LogP contribution in [-0.4, -0.2) is 21.7 Å². The number of aliphatic hydroxyl groups excluding tert-OH is 1. The first-order valence-corrected chi connectivity index (χ1v) is 7.65. The molecule has 1 atom stereocenters. The number of benzene rings is 1. The fourth-order valence-electron chi connectivity index (χ4n) is 2.38. The van der Waals surface area contributed by atoms with Crippen LogP contribution in [0.5, 0.6) is 0 Å². The van der Waals surface area contributed by atoms with E-state index in [1.54, 1.807) is 17.7 Å². The molecule has 3 aromatic rings. The van der Waals surface area contributed by atoms with Crippen molar-refractivity contribution < 1.29 is 5.11 Å². The number of hydrogen-bond donors (Lipinski definition) is 2. The van der Waals surface area contributed by atoms with Gasteiger partial charge in [0.05, 0.1) is 18.0 Å². The molecule has 0 aliphatic carbocycles. The number of rotatable bonds is 4. The Kier molecular flexibility index (Phi) is 3.86. The van der Waals surface area contributed by atoms with Gasteiger partial charge in [-0.05, 0) is 25.0 Å². The van der Waals surface area contributed by atoms with E-state index in [4.69, 9.17) is 0 Å². The van der Waals surface area contributed by atoms with Crippen LogP contribution in [0.15, 0.2) is 36.7 Å². The third-order valence-electron chi connectivity index (χ3n) is 3.66. The van der Waals surface area contributed by atoms with Crippen LogP contribution in [0, 0.1) is 13.8 Å². The number of hydrogen-bond acceptors (Lipinski definition) is 5. The van der Waals surface area contributed by atoms with Crippen molar-refractivity contribution in [1.29, 1.82) is 0 Å². The number of nitrogens with one attached hydrogen (secondary N) is 1. The second-order valence-corrected chi connectivity index (χ2v) is 6.18. The molecule has 2 aromatic heterocycles. The van der Waals surface area contributed by atoms with E-state index in [2.05, 4.69) is 29.1 Å². The summed E-state index contributed by atoms with van der Waals surface area (Å²) in [7, 11) is 0. The Morgan fingerprint density at radius 2 is 1.95 bits per heavy atom. The van der Waals surface area contributed by atoms with Gasteiger partial charge in [-0.2, -0.15) is 0 Å². The normalized spacial score (nSPS) is 12.5. The minimum atomic E-state index is -0.177. The molecule has 4 nitrogen and oxygen atoms in total. The summed E-state index contributed by atoms with van der Waals surface area (Å²) in [5.74, 6) is 0.782. The second kappa shape index (κ2) is 5.79. The first kappa shape index (κ1) is 14.0. The van der Waals surface area contributed by atoms with Crippen LogP contribution >= 0.6 is 11.3 Å². The van der Waals surface area contributed by atoms with Crippen LogP contribution in [-0.2, 0) is 0 Å². The van der Waals surface area contributed by atoms with Gasteiger partial charge in [0.25, 0.3) is 0 Å². The lowest BCUT2D eigenvalue weighted by molar-refractivity contribution is 0.276. The van der Waals surface area contributed by atoms with E-state index in [1.165, 1.54) is 10.4 Å². The molecule has 0 radical (unpaired) electrons. The maximum absolute atomic E-state index is 9.68. The lowest BCUT2D eigenvalue weighted by Gasteiger charge is -2.18. The Hall–Kier alpha value is -1.98. The number of aryl methyl sites for hydroxylation is 2. The molecule has 0 aliphatic heterocycles. The van der Waals surface area contributed by atoms with Crippen molar-refractivity contribution in [2.45, 2.75) is 19.9 Å². The number of anilines is 1. The lowest BCUT2D eigenvalue weighted by atomic mass is 10.1. The molecule has 1 aromatic carbocycles. The van der Waals surface area contributed by atoms with Crippen LogP contribution in [0.3, 0.4) is 0 Å². The average Bonchev–Trinajstić information content (AvgIpc) is 2.81. The summed E-state index contributed by atoms with van der Waals surface area (Å²) in [6.45, 7) is 4.18. The molecule has 2 heterocycles. The monoisotopic (exact) mass is 299 g/mol. The molecule has 0 spiro atoms. The topological polar surface area (TPSA) is 58.0 Å². The van der Waals surface area contributed by atoms with Crippen molar-refractivity contribution in [1.82, 2.24) is 9.97 Å². The average molecular weight is 299 g/mol. The van der Waals surface area contributed by atoms with E-state index < -0.39 is 0 Å². The number of aromatic nitrogens is 2. The maximum Gasteiger partial charge on any atom is 0.139 e. The highest BCUT2D eigenvalue weighted by Crippen LogP contribution is 2.33. The van der Waals surface area contributed by atoms with Crippen LogP contribution in [0.4, 0.5) is 5.82 Å². The van der Waals surface area contributed by atoms with Gasteiger partial charge in [-0.1, -0.05) is 30.3 Å². The third-order valence-corrected chi connectivity index (χ3v) is 4.78. The van der Waals surface area contributed by atoms with Crippen molar-refractivity contribution in [3.63, 3.8) is 0 Å². The summed E-state index contributed by atoms with van der Waals surface area (Å²) < 4.78 is 0. The summed E-state index contributed by atoms with van der Waals surface area (Å²) in [5.41, 5.74) is 2.24. The molecular formula is C16H17N3OS. The Labute approximate surface area is 127 Å². The van der Waals surface area contributed by atoms with Gasteiger partial charge in [0.2, 0.25) is 0 Å². The zero-order valence-electron chi connectivity index (χ0n) is 12.0. The summed E-state index contributed by atoms with van der Waals surface area (Å²) >= 11 is 1.67. The molecular weight excluding hydrogens is 282 g/mol. The first-order chi connectivity index (χ1) is 10.2.